The van der Waals surface area contributed by atoms with E-state index in [2.05, 4.69) is 106 Å². The Kier molecular flexibility index (Phi) is 7.23. The van der Waals surface area contributed by atoms with Crippen molar-refractivity contribution in [3.8, 4) is 79.7 Å². The summed E-state index contributed by atoms with van der Waals surface area (Å²) in [7, 11) is 0. The van der Waals surface area contributed by atoms with Gasteiger partial charge in [0.15, 0.2) is 29.0 Å². The molecule has 0 fully saturated rings. The fourth-order valence-corrected chi connectivity index (χ4v) is 8.65. The van der Waals surface area contributed by atoms with Crippen LogP contribution in [0.1, 0.15) is 0 Å². The maximum absolute atomic E-state index is 10.9. The Bertz CT molecular complexity index is 3130. The summed E-state index contributed by atoms with van der Waals surface area (Å²) in [5.41, 5.74) is 6.36. The summed E-state index contributed by atoms with van der Waals surface area (Å²) in [6, 6.07) is 46.9. The molecule has 10 heteroatoms. The van der Waals surface area contributed by atoms with E-state index in [1.54, 1.807) is 11.3 Å². The third-order valence-corrected chi connectivity index (χ3v) is 11.2. The van der Waals surface area contributed by atoms with Gasteiger partial charge in [0.1, 0.15) is 5.56 Å². The zero-order chi connectivity index (χ0) is 37.4. The maximum atomic E-state index is 10.9. The fourth-order valence-electron chi connectivity index (χ4n) is 7.46. The van der Waals surface area contributed by atoms with Crippen molar-refractivity contribution in [2.24, 2.45) is 0 Å². The number of hydrogen-bond donors (Lipinski definition) is 5. The van der Waals surface area contributed by atoms with Crippen LogP contribution in [-0.2, 0) is 0 Å². The lowest BCUT2D eigenvalue weighted by Gasteiger charge is -2.13. The highest BCUT2D eigenvalue weighted by Gasteiger charge is 2.28. The van der Waals surface area contributed by atoms with Crippen LogP contribution >= 0.6 is 11.3 Å². The molecule has 10 rings (SSSR count). The molecule has 55 heavy (non-hydrogen) atoms. The van der Waals surface area contributed by atoms with Gasteiger partial charge in [0.25, 0.3) is 0 Å². The van der Waals surface area contributed by atoms with Gasteiger partial charge in [-0.05, 0) is 35.9 Å². The SMILES string of the molecule is Oc1c(O)c(O)c(-c2nc(-c3ccccc3)nc(-c3cccc4c3sc3ccc(-n5c6ccccc6c6cccc(-c7ccccc7)c65)cc34)n2)c(O)c1O. The molecule has 5 N–H and O–H groups in total. The van der Waals surface area contributed by atoms with Gasteiger partial charge in [-0.15, -0.1) is 11.3 Å². The van der Waals surface area contributed by atoms with E-state index in [4.69, 9.17) is 4.98 Å². The van der Waals surface area contributed by atoms with E-state index < -0.39 is 34.3 Å². The average molecular weight is 737 g/mol. The van der Waals surface area contributed by atoms with Crippen molar-refractivity contribution in [3.05, 3.63) is 140 Å². The summed E-state index contributed by atoms with van der Waals surface area (Å²) < 4.78 is 4.30. The maximum Gasteiger partial charge on any atom is 0.208 e. The molecular weight excluding hydrogens is 709 g/mol. The van der Waals surface area contributed by atoms with E-state index in [0.29, 0.717) is 11.1 Å². The van der Waals surface area contributed by atoms with Gasteiger partial charge < -0.3 is 30.1 Å². The Morgan fingerprint density at radius 2 is 1.02 bits per heavy atom. The molecule has 0 saturated heterocycles. The first-order valence-corrected chi connectivity index (χ1v) is 18.2. The molecule has 0 amide bonds. The molecule has 7 aromatic carbocycles. The van der Waals surface area contributed by atoms with Crippen molar-refractivity contribution in [2.75, 3.05) is 0 Å². The number of benzene rings is 7. The Balaban J connectivity index is 1.20. The molecule has 10 aromatic rings. The van der Waals surface area contributed by atoms with E-state index in [-0.39, 0.29) is 17.5 Å². The third kappa shape index (κ3) is 4.96. The number of aromatic hydroxyl groups is 5. The number of fused-ring (bicyclic) bond motifs is 6. The molecule has 9 nitrogen and oxygen atoms in total. The molecule has 0 unspecified atom stereocenters. The first-order valence-electron chi connectivity index (χ1n) is 17.4. The highest BCUT2D eigenvalue weighted by Crippen LogP contribution is 2.54. The van der Waals surface area contributed by atoms with Gasteiger partial charge in [-0.3, -0.25) is 0 Å². The first kappa shape index (κ1) is 32.2. The standard InChI is InChI=1S/C45H28N4O5S/c50-37-35(38(51)40(53)41(54)39(37)52)45-47-43(25-13-5-2-6-14-25)46-44(48-45)31-19-10-18-30-32-23-26(21-22-34(32)55-42(30)31)49-33-20-8-7-15-28(33)29-17-9-16-27(36(29)49)24-11-3-1-4-12-24/h1-23,50-54H. The molecule has 0 saturated carbocycles. The molecule has 0 aliphatic carbocycles. The van der Waals surface area contributed by atoms with Gasteiger partial charge in [-0.1, -0.05) is 109 Å². The van der Waals surface area contributed by atoms with Gasteiger partial charge in [0.05, 0.1) is 11.0 Å². The number of phenolic OH excluding ortho intramolecular Hbond substituents is 5. The summed E-state index contributed by atoms with van der Waals surface area (Å²) in [5.74, 6) is -4.64. The monoisotopic (exact) mass is 736 g/mol. The quantitative estimate of drug-likeness (QED) is 0.0867. The van der Waals surface area contributed by atoms with Crippen LogP contribution < -0.4 is 0 Å². The van der Waals surface area contributed by atoms with E-state index >= 15 is 0 Å². The predicted octanol–water partition coefficient (Wildman–Crippen LogP) is 10.5. The van der Waals surface area contributed by atoms with Crippen LogP contribution in [0.15, 0.2) is 140 Å². The second-order valence-electron chi connectivity index (χ2n) is 13.2. The van der Waals surface area contributed by atoms with Gasteiger partial charge in [0.2, 0.25) is 17.2 Å². The van der Waals surface area contributed by atoms with E-state index in [0.717, 1.165) is 48.0 Å². The van der Waals surface area contributed by atoms with Crippen LogP contribution in [0.2, 0.25) is 0 Å². The van der Waals surface area contributed by atoms with Crippen molar-refractivity contribution < 1.29 is 25.5 Å². The smallest absolute Gasteiger partial charge is 0.208 e. The van der Waals surface area contributed by atoms with Crippen LogP contribution in [-0.4, -0.2) is 45.1 Å². The van der Waals surface area contributed by atoms with Crippen LogP contribution in [0.3, 0.4) is 0 Å². The van der Waals surface area contributed by atoms with Crippen molar-refractivity contribution in [1.29, 1.82) is 0 Å². The largest absolute Gasteiger partial charge is 0.504 e. The Labute approximate surface area is 316 Å². The van der Waals surface area contributed by atoms with Gasteiger partial charge >= 0.3 is 0 Å². The Morgan fingerprint density at radius 3 is 1.76 bits per heavy atom. The molecule has 264 valence electrons. The number of nitrogens with zero attached hydrogens (tertiary/aromatic N) is 4. The predicted molar refractivity (Wildman–Crippen MR) is 217 cm³/mol. The number of phenols is 5. The molecular formula is C45H28N4O5S. The zero-order valence-corrected chi connectivity index (χ0v) is 29.5. The molecule has 0 spiro atoms. The summed E-state index contributed by atoms with van der Waals surface area (Å²) in [6.07, 6.45) is 0. The normalized spacial score (nSPS) is 11.6. The average Bonchev–Trinajstić information content (AvgIpc) is 3.78. The highest BCUT2D eigenvalue weighted by atomic mass is 32.1. The van der Waals surface area contributed by atoms with Crippen molar-refractivity contribution in [1.82, 2.24) is 19.5 Å². The molecule has 3 aromatic heterocycles. The topological polar surface area (TPSA) is 145 Å². The van der Waals surface area contributed by atoms with Gasteiger partial charge in [0, 0.05) is 53.3 Å². The van der Waals surface area contributed by atoms with Gasteiger partial charge in [-0.2, -0.15) is 0 Å². The number of rotatable bonds is 5. The number of thiophene rings is 1. The molecule has 0 radical (unpaired) electrons. The van der Waals surface area contributed by atoms with E-state index in [9.17, 15) is 25.5 Å². The van der Waals surface area contributed by atoms with Crippen LogP contribution in [0.5, 0.6) is 28.7 Å². The van der Waals surface area contributed by atoms with Crippen molar-refractivity contribution in [3.63, 3.8) is 0 Å². The Morgan fingerprint density at radius 1 is 0.436 bits per heavy atom. The second-order valence-corrected chi connectivity index (χ2v) is 14.2. The second kappa shape index (κ2) is 12.3. The summed E-state index contributed by atoms with van der Waals surface area (Å²) in [6.45, 7) is 0. The lowest BCUT2D eigenvalue weighted by atomic mass is 10.0. The lowest BCUT2D eigenvalue weighted by molar-refractivity contribution is 0.329. The summed E-state index contributed by atoms with van der Waals surface area (Å²) in [4.78, 5) is 14.1. The fraction of sp³-hybridized carbons (Fsp3) is 0. The Hall–Kier alpha value is -7.43. The summed E-state index contributed by atoms with van der Waals surface area (Å²) in [5, 5.41) is 56.9. The number of hydrogen-bond acceptors (Lipinski definition) is 9. The van der Waals surface area contributed by atoms with E-state index in [1.165, 1.54) is 10.8 Å². The molecule has 0 bridgehead atoms. The summed E-state index contributed by atoms with van der Waals surface area (Å²) >= 11 is 1.59. The minimum absolute atomic E-state index is 0.217. The van der Waals surface area contributed by atoms with E-state index in [1.807, 2.05) is 48.5 Å². The van der Waals surface area contributed by atoms with Gasteiger partial charge in [-0.25, -0.2) is 15.0 Å². The molecule has 0 aliphatic rings. The number of aromatic nitrogens is 4. The molecule has 0 aliphatic heterocycles. The minimum atomic E-state index is -1.07. The van der Waals surface area contributed by atoms with Crippen LogP contribution in [0.4, 0.5) is 0 Å². The molecule has 0 atom stereocenters. The third-order valence-electron chi connectivity index (χ3n) is 10.0. The van der Waals surface area contributed by atoms with Crippen molar-refractivity contribution >= 4 is 53.3 Å². The van der Waals surface area contributed by atoms with Crippen LogP contribution in [0, 0.1) is 0 Å². The first-order chi connectivity index (χ1) is 26.9. The zero-order valence-electron chi connectivity index (χ0n) is 28.7. The van der Waals surface area contributed by atoms with Crippen molar-refractivity contribution in [2.45, 2.75) is 0 Å². The van der Waals surface area contributed by atoms with Crippen LogP contribution in [0.25, 0.3) is 93.0 Å². The number of para-hydroxylation sites is 2. The lowest BCUT2D eigenvalue weighted by Crippen LogP contribution is -2.01. The minimum Gasteiger partial charge on any atom is -0.504 e. The highest BCUT2D eigenvalue weighted by molar-refractivity contribution is 7.26. The molecule has 3 heterocycles.